The molecule has 2 aliphatic rings. The Morgan fingerprint density at radius 2 is 1.83 bits per heavy atom. The Hall–Kier alpha value is -2.51. The molecule has 1 aliphatic carbocycles. The number of aliphatic hydroxyl groups is 1. The summed E-state index contributed by atoms with van der Waals surface area (Å²) in [5, 5.41) is 16.1. The molecular formula is C22H29ClN4O3. The maximum absolute atomic E-state index is 10.3. The molecule has 1 aromatic carbocycles. The number of methoxy groups -OCH3 is 1. The summed E-state index contributed by atoms with van der Waals surface area (Å²) in [7, 11) is 5.49. The summed E-state index contributed by atoms with van der Waals surface area (Å²) < 4.78 is 11.4. The minimum Gasteiger partial charge on any atom is -0.493 e. The van der Waals surface area contributed by atoms with E-state index in [9.17, 15) is 5.11 Å². The smallest absolute Gasteiger partial charge is 0.224 e. The maximum Gasteiger partial charge on any atom is 0.224 e. The molecule has 2 heterocycles. The van der Waals surface area contributed by atoms with Gasteiger partial charge in [0.1, 0.15) is 0 Å². The van der Waals surface area contributed by atoms with E-state index in [-0.39, 0.29) is 24.6 Å². The van der Waals surface area contributed by atoms with E-state index in [1.807, 2.05) is 50.4 Å². The van der Waals surface area contributed by atoms with Crippen LogP contribution < -0.4 is 30.1 Å². The van der Waals surface area contributed by atoms with Gasteiger partial charge in [-0.25, -0.2) is 9.97 Å². The predicted molar refractivity (Wildman–Crippen MR) is 120 cm³/mol. The van der Waals surface area contributed by atoms with Crippen LogP contribution in [0.25, 0.3) is 11.3 Å². The summed E-state index contributed by atoms with van der Waals surface area (Å²) in [5.41, 5.74) is 3.13. The lowest BCUT2D eigenvalue weighted by molar-refractivity contribution is 0.152. The molecule has 7 nitrogen and oxygen atoms in total. The average Bonchev–Trinajstić information content (AvgIpc) is 2.73. The first-order chi connectivity index (χ1) is 14.0. The largest absolute Gasteiger partial charge is 0.493 e. The summed E-state index contributed by atoms with van der Waals surface area (Å²) in [5.74, 6) is 2.08. The highest BCUT2D eigenvalue weighted by Crippen LogP contribution is 2.30. The van der Waals surface area contributed by atoms with E-state index in [2.05, 4.69) is 15.3 Å². The Morgan fingerprint density at radius 1 is 1.13 bits per heavy atom. The number of ether oxygens (including phenoxy) is 2. The number of aliphatic hydroxyl groups excluding tert-OH is 1. The fourth-order valence-corrected chi connectivity index (χ4v) is 4.12. The van der Waals surface area contributed by atoms with Crippen molar-refractivity contribution in [2.45, 2.75) is 38.3 Å². The van der Waals surface area contributed by atoms with Crippen LogP contribution >= 0.6 is 12.4 Å². The lowest BCUT2D eigenvalue weighted by Crippen LogP contribution is -2.49. The SMILES string of the molecule is CCOc1cc2c(cc1OC)=C(c1cnc(N(C)C)nc1)N[C@@H]1CC[C@@H](O)CC=21.Cl. The van der Waals surface area contributed by atoms with Crippen molar-refractivity contribution in [2.75, 3.05) is 32.7 Å². The van der Waals surface area contributed by atoms with Crippen LogP contribution in [-0.4, -0.2) is 55.0 Å². The molecule has 0 saturated heterocycles. The average molecular weight is 433 g/mol. The monoisotopic (exact) mass is 432 g/mol. The zero-order valence-corrected chi connectivity index (χ0v) is 18.6. The zero-order chi connectivity index (χ0) is 20.5. The number of halogens is 1. The molecule has 1 fully saturated rings. The van der Waals surface area contributed by atoms with Crippen molar-refractivity contribution in [3.05, 3.63) is 40.5 Å². The van der Waals surface area contributed by atoms with Gasteiger partial charge in [0.05, 0.1) is 25.5 Å². The van der Waals surface area contributed by atoms with Crippen LogP contribution in [0.5, 0.6) is 11.5 Å². The molecule has 2 atom stereocenters. The number of benzene rings is 1. The summed E-state index contributed by atoms with van der Waals surface area (Å²) in [4.78, 5) is 10.8. The van der Waals surface area contributed by atoms with Gasteiger partial charge in [-0.05, 0) is 49.1 Å². The van der Waals surface area contributed by atoms with Crippen LogP contribution in [0.1, 0.15) is 31.7 Å². The maximum atomic E-state index is 10.3. The molecule has 0 bridgehead atoms. The Balaban J connectivity index is 0.00000256. The molecule has 0 spiro atoms. The number of fused-ring (bicyclic) bond motifs is 2. The second-order valence-electron chi connectivity index (χ2n) is 7.68. The van der Waals surface area contributed by atoms with E-state index in [1.54, 1.807) is 7.11 Å². The number of rotatable bonds is 5. The quantitative estimate of drug-likeness (QED) is 0.734. The molecule has 0 unspecified atom stereocenters. The van der Waals surface area contributed by atoms with Gasteiger partial charge in [0, 0.05) is 43.3 Å². The molecule has 0 radical (unpaired) electrons. The van der Waals surface area contributed by atoms with Crippen LogP contribution in [0.2, 0.25) is 0 Å². The van der Waals surface area contributed by atoms with Gasteiger partial charge >= 0.3 is 0 Å². The van der Waals surface area contributed by atoms with E-state index in [1.165, 1.54) is 5.57 Å². The Labute approximate surface area is 182 Å². The molecule has 8 heteroatoms. The fraction of sp³-hybridized carbons (Fsp3) is 0.455. The third kappa shape index (κ3) is 4.04. The van der Waals surface area contributed by atoms with Crippen molar-refractivity contribution in [2.24, 2.45) is 0 Å². The molecule has 2 aromatic rings. The van der Waals surface area contributed by atoms with Gasteiger partial charge in [0.2, 0.25) is 5.95 Å². The second-order valence-corrected chi connectivity index (χ2v) is 7.68. The number of anilines is 1. The number of nitrogens with one attached hydrogen (secondary N) is 1. The van der Waals surface area contributed by atoms with Crippen LogP contribution in [-0.2, 0) is 0 Å². The molecule has 1 aromatic heterocycles. The zero-order valence-electron chi connectivity index (χ0n) is 17.8. The first kappa shape index (κ1) is 22.2. The minimum atomic E-state index is -0.308. The molecular weight excluding hydrogens is 404 g/mol. The highest BCUT2D eigenvalue weighted by Gasteiger charge is 2.29. The minimum absolute atomic E-state index is 0. The topological polar surface area (TPSA) is 79.7 Å². The Kier molecular flexibility index (Phi) is 6.73. The molecule has 4 rings (SSSR count). The van der Waals surface area contributed by atoms with Gasteiger partial charge in [0.25, 0.3) is 0 Å². The lowest BCUT2D eigenvalue weighted by Gasteiger charge is -2.34. The van der Waals surface area contributed by atoms with E-state index < -0.39 is 0 Å². The molecule has 162 valence electrons. The first-order valence-electron chi connectivity index (χ1n) is 10.0. The van der Waals surface area contributed by atoms with Crippen LogP contribution in [0.3, 0.4) is 0 Å². The Bertz CT molecular complexity index is 1020. The number of hydrogen-bond acceptors (Lipinski definition) is 7. The van der Waals surface area contributed by atoms with E-state index >= 15 is 0 Å². The summed E-state index contributed by atoms with van der Waals surface area (Å²) in [6.07, 6.45) is 5.71. The van der Waals surface area contributed by atoms with Crippen LogP contribution in [0, 0.1) is 0 Å². The Morgan fingerprint density at radius 3 is 2.47 bits per heavy atom. The normalized spacial score (nSPS) is 19.8. The second kappa shape index (κ2) is 9.10. The van der Waals surface area contributed by atoms with Gasteiger partial charge < -0.3 is 24.8 Å². The van der Waals surface area contributed by atoms with Gasteiger partial charge in [-0.3, -0.25) is 0 Å². The van der Waals surface area contributed by atoms with E-state index in [0.717, 1.165) is 40.3 Å². The first-order valence-corrected chi connectivity index (χ1v) is 10.0. The highest BCUT2D eigenvalue weighted by atomic mass is 35.5. The number of aromatic nitrogens is 2. The van der Waals surface area contributed by atoms with Crippen molar-refractivity contribution < 1.29 is 14.6 Å². The summed E-state index contributed by atoms with van der Waals surface area (Å²) in [6.45, 7) is 2.52. The predicted octanol–water partition coefficient (Wildman–Crippen LogP) is 1.20. The molecule has 0 amide bonds. The number of hydrogen-bond donors (Lipinski definition) is 2. The van der Waals surface area contributed by atoms with Crippen molar-refractivity contribution in [3.63, 3.8) is 0 Å². The molecule has 1 aliphatic heterocycles. The van der Waals surface area contributed by atoms with Crippen LogP contribution in [0.15, 0.2) is 24.5 Å². The van der Waals surface area contributed by atoms with Crippen LogP contribution in [0.4, 0.5) is 5.95 Å². The van der Waals surface area contributed by atoms with Gasteiger partial charge in [-0.15, -0.1) is 12.4 Å². The highest BCUT2D eigenvalue weighted by molar-refractivity contribution is 5.85. The van der Waals surface area contributed by atoms with Crippen molar-refractivity contribution in [1.82, 2.24) is 15.3 Å². The van der Waals surface area contributed by atoms with Gasteiger partial charge in [0.15, 0.2) is 11.5 Å². The van der Waals surface area contributed by atoms with Crippen molar-refractivity contribution >= 4 is 29.6 Å². The summed E-state index contributed by atoms with van der Waals surface area (Å²) >= 11 is 0. The number of nitrogens with zero attached hydrogens (tertiary/aromatic N) is 3. The molecule has 2 N–H and O–H groups in total. The van der Waals surface area contributed by atoms with E-state index in [4.69, 9.17) is 9.47 Å². The van der Waals surface area contributed by atoms with E-state index in [0.29, 0.717) is 24.7 Å². The summed E-state index contributed by atoms with van der Waals surface area (Å²) in [6, 6.07) is 4.23. The molecule has 30 heavy (non-hydrogen) atoms. The fourth-order valence-electron chi connectivity index (χ4n) is 4.12. The third-order valence-electron chi connectivity index (χ3n) is 5.53. The lowest BCUT2D eigenvalue weighted by atomic mass is 9.83. The third-order valence-corrected chi connectivity index (χ3v) is 5.53. The van der Waals surface area contributed by atoms with Crippen molar-refractivity contribution in [3.8, 4) is 11.5 Å². The van der Waals surface area contributed by atoms with Gasteiger partial charge in [-0.1, -0.05) is 0 Å². The standard InChI is InChI=1S/C22H28N4O3.ClH/c1-5-29-20-9-15-16-8-14(27)6-7-18(16)25-21(17(15)10-19(20)28-4)13-11-23-22(24-12-13)26(2)3;/h9-12,14,18,25,27H,5-8H2,1-4H3;1H/t14-,18-;/m1./s1. The van der Waals surface area contributed by atoms with Gasteiger partial charge in [-0.2, -0.15) is 0 Å². The van der Waals surface area contributed by atoms with Crippen molar-refractivity contribution in [1.29, 1.82) is 0 Å². The molecule has 1 saturated carbocycles.